The summed E-state index contributed by atoms with van der Waals surface area (Å²) in [6, 6.07) is 11.6. The number of thiophene rings is 1. The van der Waals surface area contributed by atoms with Gasteiger partial charge in [0.2, 0.25) is 0 Å². The van der Waals surface area contributed by atoms with Gasteiger partial charge < -0.3 is 15.1 Å². The van der Waals surface area contributed by atoms with Crippen molar-refractivity contribution >= 4 is 34.8 Å². The molecule has 1 aliphatic heterocycles. The first-order valence-electron chi connectivity index (χ1n) is 8.74. The second kappa shape index (κ2) is 8.66. The number of carbonyl (C=O) groups excluding carboxylic acids is 2. The van der Waals surface area contributed by atoms with E-state index < -0.39 is 0 Å². The first-order chi connectivity index (χ1) is 12.5. The molecule has 3 rings (SSSR count). The van der Waals surface area contributed by atoms with Crippen LogP contribution in [-0.2, 0) is 4.79 Å². The van der Waals surface area contributed by atoms with Crippen LogP contribution in [-0.4, -0.2) is 54.3 Å². The molecule has 1 aromatic carbocycles. The fourth-order valence-corrected chi connectivity index (χ4v) is 3.84. The third kappa shape index (κ3) is 4.63. The van der Waals surface area contributed by atoms with Crippen molar-refractivity contribution in [2.24, 2.45) is 0 Å². The van der Waals surface area contributed by atoms with Gasteiger partial charge in [-0.3, -0.25) is 9.59 Å². The molecule has 0 aliphatic carbocycles. The van der Waals surface area contributed by atoms with Gasteiger partial charge in [-0.25, -0.2) is 0 Å². The maximum Gasteiger partial charge on any atom is 0.277 e. The third-order valence-corrected chi connectivity index (χ3v) is 5.80. The van der Waals surface area contributed by atoms with Gasteiger partial charge in [0, 0.05) is 36.8 Å². The molecular formula is C19H23ClN3O2S+. The Bertz CT molecular complexity index is 741. The third-order valence-electron chi connectivity index (χ3n) is 4.69. The van der Waals surface area contributed by atoms with Gasteiger partial charge in [0.15, 0.2) is 6.54 Å². The Morgan fingerprint density at radius 3 is 2.38 bits per heavy atom. The molecular weight excluding hydrogens is 370 g/mol. The Hall–Kier alpha value is -1.89. The summed E-state index contributed by atoms with van der Waals surface area (Å²) < 4.78 is 0. The number of quaternary nitrogens is 1. The van der Waals surface area contributed by atoms with E-state index in [2.05, 4.69) is 6.92 Å². The number of carbonyl (C=O) groups is 2. The lowest BCUT2D eigenvalue weighted by molar-refractivity contribution is -0.683. The van der Waals surface area contributed by atoms with Crippen LogP contribution < -0.4 is 5.32 Å². The van der Waals surface area contributed by atoms with E-state index in [0.29, 0.717) is 37.7 Å². The molecule has 1 saturated heterocycles. The normalized spacial score (nSPS) is 15.8. The molecule has 2 heterocycles. The van der Waals surface area contributed by atoms with Crippen molar-refractivity contribution in [2.45, 2.75) is 13.0 Å². The standard InChI is InChI=1S/C19H22ClN3O2S/c1-14(15-4-6-16(20)7-5-15)21-13-18(24)22-8-10-23(11-9-22)19(25)17-3-2-12-26-17/h2-7,12,14,21H,8-11,13H2,1H3/p+1/t14-/m0/s1. The van der Waals surface area contributed by atoms with Crippen molar-refractivity contribution in [3.63, 3.8) is 0 Å². The van der Waals surface area contributed by atoms with Crippen LogP contribution in [0.1, 0.15) is 28.2 Å². The van der Waals surface area contributed by atoms with Gasteiger partial charge in [-0.15, -0.1) is 11.3 Å². The molecule has 1 fully saturated rings. The number of benzene rings is 1. The van der Waals surface area contributed by atoms with Crippen molar-refractivity contribution in [3.8, 4) is 0 Å². The fraction of sp³-hybridized carbons (Fsp3) is 0.368. The van der Waals surface area contributed by atoms with Gasteiger partial charge in [-0.05, 0) is 30.5 Å². The van der Waals surface area contributed by atoms with Crippen molar-refractivity contribution in [3.05, 3.63) is 57.2 Å². The predicted octanol–water partition coefficient (Wildman–Crippen LogP) is 2.01. The smallest absolute Gasteiger partial charge is 0.277 e. The predicted molar refractivity (Wildman–Crippen MR) is 103 cm³/mol. The van der Waals surface area contributed by atoms with Gasteiger partial charge >= 0.3 is 0 Å². The Morgan fingerprint density at radius 1 is 1.12 bits per heavy atom. The van der Waals surface area contributed by atoms with Crippen LogP contribution in [0.3, 0.4) is 0 Å². The van der Waals surface area contributed by atoms with E-state index in [1.165, 1.54) is 11.3 Å². The number of rotatable bonds is 5. The van der Waals surface area contributed by atoms with Crippen LogP contribution in [0.25, 0.3) is 0 Å². The number of nitrogens with two attached hydrogens (primary N) is 1. The summed E-state index contributed by atoms with van der Waals surface area (Å²) in [5.41, 5.74) is 1.15. The van der Waals surface area contributed by atoms with Crippen LogP contribution >= 0.6 is 22.9 Å². The van der Waals surface area contributed by atoms with Gasteiger partial charge in [0.1, 0.15) is 6.04 Å². The highest BCUT2D eigenvalue weighted by atomic mass is 35.5. The van der Waals surface area contributed by atoms with Crippen LogP contribution in [0.15, 0.2) is 41.8 Å². The van der Waals surface area contributed by atoms with E-state index in [1.54, 1.807) is 0 Å². The molecule has 1 atom stereocenters. The van der Waals surface area contributed by atoms with Crippen molar-refractivity contribution in [2.75, 3.05) is 32.7 Å². The molecule has 5 nitrogen and oxygen atoms in total. The molecule has 26 heavy (non-hydrogen) atoms. The zero-order valence-corrected chi connectivity index (χ0v) is 16.3. The highest BCUT2D eigenvalue weighted by Gasteiger charge is 2.26. The largest absolute Gasteiger partial charge is 0.334 e. The average molecular weight is 393 g/mol. The minimum atomic E-state index is 0.0648. The zero-order chi connectivity index (χ0) is 18.5. The Balaban J connectivity index is 1.45. The number of amides is 2. The molecule has 7 heteroatoms. The molecule has 2 N–H and O–H groups in total. The summed E-state index contributed by atoms with van der Waals surface area (Å²) in [6.07, 6.45) is 0. The molecule has 0 spiro atoms. The molecule has 0 bridgehead atoms. The van der Waals surface area contributed by atoms with E-state index in [1.807, 2.05) is 56.9 Å². The summed E-state index contributed by atoms with van der Waals surface area (Å²) >= 11 is 7.37. The van der Waals surface area contributed by atoms with Crippen molar-refractivity contribution in [1.29, 1.82) is 0 Å². The Labute approximate surface area is 162 Å². The summed E-state index contributed by atoms with van der Waals surface area (Å²) in [5, 5.41) is 4.66. The lowest BCUT2D eigenvalue weighted by Gasteiger charge is -2.34. The monoisotopic (exact) mass is 392 g/mol. The SMILES string of the molecule is C[C@H]([NH2+]CC(=O)N1CCN(C(=O)c2cccs2)CC1)c1ccc(Cl)cc1. The number of hydrogen-bond acceptors (Lipinski definition) is 3. The fourth-order valence-electron chi connectivity index (χ4n) is 3.02. The molecule has 1 aliphatic rings. The maximum absolute atomic E-state index is 12.5. The van der Waals surface area contributed by atoms with E-state index in [0.717, 1.165) is 10.4 Å². The average Bonchev–Trinajstić information content (AvgIpc) is 3.20. The highest BCUT2D eigenvalue weighted by molar-refractivity contribution is 7.12. The number of nitrogens with zero attached hydrogens (tertiary/aromatic N) is 2. The molecule has 1 aromatic heterocycles. The zero-order valence-electron chi connectivity index (χ0n) is 14.7. The number of halogens is 1. The molecule has 2 amide bonds. The topological polar surface area (TPSA) is 57.2 Å². The summed E-state index contributed by atoms with van der Waals surface area (Å²) in [7, 11) is 0. The number of hydrogen-bond donors (Lipinski definition) is 1. The quantitative estimate of drug-likeness (QED) is 0.846. The van der Waals surface area contributed by atoms with Crippen LogP contribution in [0.2, 0.25) is 5.02 Å². The van der Waals surface area contributed by atoms with E-state index in [-0.39, 0.29) is 17.9 Å². The summed E-state index contributed by atoms with van der Waals surface area (Å²) in [4.78, 5) is 29.3. The van der Waals surface area contributed by atoms with Crippen LogP contribution in [0.5, 0.6) is 0 Å². The van der Waals surface area contributed by atoms with Gasteiger partial charge in [0.05, 0.1) is 4.88 Å². The lowest BCUT2D eigenvalue weighted by atomic mass is 10.1. The van der Waals surface area contributed by atoms with E-state index >= 15 is 0 Å². The van der Waals surface area contributed by atoms with Gasteiger partial charge in [-0.1, -0.05) is 29.8 Å². The molecule has 0 unspecified atom stereocenters. The first kappa shape index (κ1) is 18.9. The number of piperazine rings is 1. The second-order valence-corrected chi connectivity index (χ2v) is 7.81. The molecule has 138 valence electrons. The molecule has 0 saturated carbocycles. The maximum atomic E-state index is 12.5. The van der Waals surface area contributed by atoms with Crippen LogP contribution in [0.4, 0.5) is 0 Å². The molecule has 2 aromatic rings. The van der Waals surface area contributed by atoms with Gasteiger partial charge in [-0.2, -0.15) is 0 Å². The minimum Gasteiger partial charge on any atom is -0.334 e. The van der Waals surface area contributed by atoms with E-state index in [9.17, 15) is 9.59 Å². The van der Waals surface area contributed by atoms with Crippen molar-refractivity contribution < 1.29 is 14.9 Å². The van der Waals surface area contributed by atoms with Gasteiger partial charge in [0.25, 0.3) is 11.8 Å². The molecule has 0 radical (unpaired) electrons. The van der Waals surface area contributed by atoms with Crippen LogP contribution in [0, 0.1) is 0 Å². The highest BCUT2D eigenvalue weighted by Crippen LogP contribution is 2.15. The Kier molecular flexibility index (Phi) is 6.29. The summed E-state index contributed by atoms with van der Waals surface area (Å²) in [6.45, 7) is 4.86. The second-order valence-electron chi connectivity index (χ2n) is 6.43. The van der Waals surface area contributed by atoms with Crippen molar-refractivity contribution in [1.82, 2.24) is 9.80 Å². The minimum absolute atomic E-state index is 0.0648. The Morgan fingerprint density at radius 2 is 1.77 bits per heavy atom. The lowest BCUT2D eigenvalue weighted by Crippen LogP contribution is -2.87. The van der Waals surface area contributed by atoms with E-state index in [4.69, 9.17) is 11.6 Å². The first-order valence-corrected chi connectivity index (χ1v) is 9.99. The summed E-state index contributed by atoms with van der Waals surface area (Å²) in [5.74, 6) is 0.184.